The van der Waals surface area contributed by atoms with Crippen LogP contribution in [0.4, 0.5) is 0 Å². The Bertz CT molecular complexity index is 284. The van der Waals surface area contributed by atoms with Gasteiger partial charge in [-0.3, -0.25) is 4.79 Å². The second-order valence-electron chi connectivity index (χ2n) is 6.53. The molecule has 1 atom stereocenters. The third-order valence-corrected chi connectivity index (χ3v) is 5.05. The molecule has 1 aliphatic heterocycles. The van der Waals surface area contributed by atoms with Gasteiger partial charge in [0.1, 0.15) is 0 Å². The Kier molecular flexibility index (Phi) is 7.90. The van der Waals surface area contributed by atoms with E-state index in [1.54, 1.807) is 0 Å². The van der Waals surface area contributed by atoms with Crippen LogP contribution in [0, 0.1) is 11.8 Å². The molecule has 2 rings (SSSR count). The first-order valence-electron chi connectivity index (χ1n) is 8.16. The molecule has 0 radical (unpaired) electrons. The van der Waals surface area contributed by atoms with Gasteiger partial charge in [-0.2, -0.15) is 0 Å². The van der Waals surface area contributed by atoms with E-state index in [-0.39, 0.29) is 18.3 Å². The zero-order valence-electron chi connectivity index (χ0n) is 13.1. The van der Waals surface area contributed by atoms with Crippen molar-refractivity contribution in [2.24, 2.45) is 11.8 Å². The van der Waals surface area contributed by atoms with Crippen LogP contribution < -0.4 is 5.32 Å². The average molecular weight is 303 g/mol. The van der Waals surface area contributed by atoms with E-state index >= 15 is 0 Å². The Labute approximate surface area is 130 Å². The molecule has 1 aliphatic carbocycles. The maximum atomic E-state index is 12.5. The summed E-state index contributed by atoms with van der Waals surface area (Å²) in [4.78, 5) is 14.6. The van der Waals surface area contributed by atoms with Crippen molar-refractivity contribution in [3.63, 3.8) is 0 Å². The van der Waals surface area contributed by atoms with Gasteiger partial charge in [-0.15, -0.1) is 12.4 Å². The van der Waals surface area contributed by atoms with Gasteiger partial charge in [0.15, 0.2) is 0 Å². The fourth-order valence-electron chi connectivity index (χ4n) is 3.72. The van der Waals surface area contributed by atoms with Crippen molar-refractivity contribution in [2.45, 2.75) is 64.3 Å². The van der Waals surface area contributed by atoms with E-state index in [1.165, 1.54) is 32.1 Å². The molecule has 2 aliphatic rings. The van der Waals surface area contributed by atoms with Crippen LogP contribution >= 0.6 is 12.4 Å². The van der Waals surface area contributed by atoms with Gasteiger partial charge in [0.05, 0.1) is 0 Å². The van der Waals surface area contributed by atoms with Crippen molar-refractivity contribution in [1.82, 2.24) is 10.2 Å². The molecule has 0 bridgehead atoms. The Hall–Kier alpha value is -0.280. The summed E-state index contributed by atoms with van der Waals surface area (Å²) in [5.41, 5.74) is 0. The van der Waals surface area contributed by atoms with Gasteiger partial charge in [-0.25, -0.2) is 0 Å². The quantitative estimate of drug-likeness (QED) is 0.865. The van der Waals surface area contributed by atoms with Gasteiger partial charge in [-0.1, -0.05) is 39.0 Å². The Morgan fingerprint density at radius 3 is 2.30 bits per heavy atom. The fourth-order valence-corrected chi connectivity index (χ4v) is 3.72. The Morgan fingerprint density at radius 2 is 1.75 bits per heavy atom. The van der Waals surface area contributed by atoms with Crippen LogP contribution in [-0.4, -0.2) is 37.0 Å². The minimum Gasteiger partial charge on any atom is -0.342 e. The van der Waals surface area contributed by atoms with Crippen molar-refractivity contribution in [2.75, 3.05) is 20.1 Å². The number of piperidine rings is 1. The molecule has 1 amide bonds. The van der Waals surface area contributed by atoms with Gasteiger partial charge in [0.2, 0.25) is 5.91 Å². The van der Waals surface area contributed by atoms with Crippen LogP contribution in [0.2, 0.25) is 0 Å². The first-order valence-corrected chi connectivity index (χ1v) is 8.16. The zero-order chi connectivity index (χ0) is 13.7. The number of carbonyl (C=O) groups is 1. The van der Waals surface area contributed by atoms with E-state index in [2.05, 4.69) is 17.1 Å². The molecule has 0 aromatic heterocycles. The zero-order valence-corrected chi connectivity index (χ0v) is 13.9. The van der Waals surface area contributed by atoms with Gasteiger partial charge in [0.25, 0.3) is 0 Å². The SMILES string of the molecule is CNC1CCN(C(=O)C(C)CC2CCCCC2)CC1.Cl. The van der Waals surface area contributed by atoms with Crippen LogP contribution in [0.5, 0.6) is 0 Å². The second-order valence-corrected chi connectivity index (χ2v) is 6.53. The van der Waals surface area contributed by atoms with Gasteiger partial charge in [0, 0.05) is 25.0 Å². The summed E-state index contributed by atoms with van der Waals surface area (Å²) in [5.74, 6) is 1.44. The van der Waals surface area contributed by atoms with Crippen LogP contribution in [0.1, 0.15) is 58.3 Å². The van der Waals surface area contributed by atoms with Crippen molar-refractivity contribution in [3.8, 4) is 0 Å². The van der Waals surface area contributed by atoms with Crippen LogP contribution in [0.15, 0.2) is 0 Å². The molecule has 0 aromatic carbocycles. The lowest BCUT2D eigenvalue weighted by Crippen LogP contribution is -2.45. The summed E-state index contributed by atoms with van der Waals surface area (Å²) in [6, 6.07) is 0.609. The minimum atomic E-state index is 0. The van der Waals surface area contributed by atoms with Gasteiger partial charge in [-0.05, 0) is 32.2 Å². The fraction of sp³-hybridized carbons (Fsp3) is 0.938. The topological polar surface area (TPSA) is 32.3 Å². The molecule has 4 heteroatoms. The van der Waals surface area contributed by atoms with Crippen molar-refractivity contribution in [1.29, 1.82) is 0 Å². The highest BCUT2D eigenvalue weighted by Gasteiger charge is 2.27. The lowest BCUT2D eigenvalue weighted by molar-refractivity contribution is -0.136. The molecule has 20 heavy (non-hydrogen) atoms. The predicted molar refractivity (Wildman–Crippen MR) is 86.3 cm³/mol. The number of likely N-dealkylation sites (tertiary alicyclic amines) is 1. The molecule has 2 fully saturated rings. The molecule has 118 valence electrons. The third kappa shape index (κ3) is 4.92. The first-order chi connectivity index (χ1) is 9.20. The largest absolute Gasteiger partial charge is 0.342 e. The number of amides is 1. The van der Waals surface area contributed by atoms with Gasteiger partial charge < -0.3 is 10.2 Å². The molecule has 0 aromatic rings. The summed E-state index contributed by atoms with van der Waals surface area (Å²) >= 11 is 0. The summed E-state index contributed by atoms with van der Waals surface area (Å²) in [6.45, 7) is 4.03. The number of nitrogens with one attached hydrogen (secondary N) is 1. The number of rotatable bonds is 4. The second kappa shape index (κ2) is 8.89. The van der Waals surface area contributed by atoms with E-state index in [1.807, 2.05) is 7.05 Å². The lowest BCUT2D eigenvalue weighted by atomic mass is 9.83. The monoisotopic (exact) mass is 302 g/mol. The highest BCUT2D eigenvalue weighted by atomic mass is 35.5. The molecule has 1 heterocycles. The number of halogens is 1. The highest BCUT2D eigenvalue weighted by molar-refractivity contribution is 5.85. The number of carbonyl (C=O) groups excluding carboxylic acids is 1. The predicted octanol–water partition coefficient (Wildman–Crippen LogP) is 3.23. The Morgan fingerprint density at radius 1 is 1.15 bits per heavy atom. The molecule has 1 N–H and O–H groups in total. The molecule has 1 saturated heterocycles. The normalized spacial score (nSPS) is 23.2. The molecule has 1 saturated carbocycles. The van der Waals surface area contributed by atoms with E-state index < -0.39 is 0 Å². The summed E-state index contributed by atoms with van der Waals surface area (Å²) in [6.07, 6.45) is 10.2. The Balaban J connectivity index is 0.00000200. The number of hydrogen-bond acceptors (Lipinski definition) is 2. The summed E-state index contributed by atoms with van der Waals surface area (Å²) in [7, 11) is 2.02. The van der Waals surface area contributed by atoms with Crippen LogP contribution in [0.25, 0.3) is 0 Å². The van der Waals surface area contributed by atoms with Crippen molar-refractivity contribution in [3.05, 3.63) is 0 Å². The van der Waals surface area contributed by atoms with E-state index in [0.29, 0.717) is 11.9 Å². The smallest absolute Gasteiger partial charge is 0.225 e. The first kappa shape index (κ1) is 17.8. The molecular formula is C16H31ClN2O. The number of nitrogens with zero attached hydrogens (tertiary/aromatic N) is 1. The average Bonchev–Trinajstić information content (AvgIpc) is 2.47. The number of hydrogen-bond donors (Lipinski definition) is 1. The van der Waals surface area contributed by atoms with E-state index in [4.69, 9.17) is 0 Å². The molecule has 0 spiro atoms. The lowest BCUT2D eigenvalue weighted by Gasteiger charge is -2.34. The molecule has 3 nitrogen and oxygen atoms in total. The minimum absolute atomic E-state index is 0. The van der Waals surface area contributed by atoms with Crippen LogP contribution in [-0.2, 0) is 4.79 Å². The van der Waals surface area contributed by atoms with Gasteiger partial charge >= 0.3 is 0 Å². The standard InChI is InChI=1S/C16H30N2O.ClH/c1-13(12-14-6-4-3-5-7-14)16(19)18-10-8-15(17-2)9-11-18;/h13-15,17H,3-12H2,1-2H3;1H. The maximum absolute atomic E-state index is 12.5. The van der Waals surface area contributed by atoms with E-state index in [9.17, 15) is 4.79 Å². The van der Waals surface area contributed by atoms with Crippen LogP contribution in [0.3, 0.4) is 0 Å². The third-order valence-electron chi connectivity index (χ3n) is 5.05. The molecule has 1 unspecified atom stereocenters. The van der Waals surface area contributed by atoms with E-state index in [0.717, 1.165) is 38.3 Å². The van der Waals surface area contributed by atoms with Crippen molar-refractivity contribution >= 4 is 18.3 Å². The van der Waals surface area contributed by atoms with Crippen molar-refractivity contribution < 1.29 is 4.79 Å². The summed E-state index contributed by atoms with van der Waals surface area (Å²) in [5, 5.41) is 3.32. The summed E-state index contributed by atoms with van der Waals surface area (Å²) < 4.78 is 0. The maximum Gasteiger partial charge on any atom is 0.225 e. The highest BCUT2D eigenvalue weighted by Crippen LogP contribution is 2.29. The molecular weight excluding hydrogens is 272 g/mol.